The number of hydrogen-bond donors (Lipinski definition) is 1. The van der Waals surface area contributed by atoms with Crippen LogP contribution in [-0.2, 0) is 14.8 Å². The Bertz CT molecular complexity index is 1540. The van der Waals surface area contributed by atoms with Crippen molar-refractivity contribution in [3.63, 3.8) is 0 Å². The summed E-state index contributed by atoms with van der Waals surface area (Å²) in [4.78, 5) is 18.2. The van der Waals surface area contributed by atoms with Gasteiger partial charge in [-0.15, -0.1) is 0 Å². The second-order valence-corrected chi connectivity index (χ2v) is 9.98. The van der Waals surface area contributed by atoms with Crippen molar-refractivity contribution in [1.29, 1.82) is 0 Å². The number of sulfonamides is 1. The Labute approximate surface area is 217 Å². The zero-order valence-electron chi connectivity index (χ0n) is 20.0. The minimum Gasteiger partial charge on any atom is -0.495 e. The number of amides is 1. The van der Waals surface area contributed by atoms with Gasteiger partial charge in [-0.3, -0.25) is 14.4 Å². The van der Waals surface area contributed by atoms with Gasteiger partial charge in [0, 0.05) is 35.3 Å². The number of pyridine rings is 1. The fourth-order valence-electron chi connectivity index (χ4n) is 3.58. The van der Waals surface area contributed by atoms with Gasteiger partial charge in [-0.25, -0.2) is 17.8 Å². The van der Waals surface area contributed by atoms with Crippen molar-refractivity contribution in [2.45, 2.75) is 25.2 Å². The molecule has 0 spiro atoms. The van der Waals surface area contributed by atoms with Crippen LogP contribution < -0.4 is 14.4 Å². The SMILES string of the molecule is CCC(=O)N(c1ccc(S(=O)(=O)Nc2ccon2)cn1)c1cc(F)c(-c2ccc(Cl)c(C)c2)cc1OC. The first kappa shape index (κ1) is 26.1. The van der Waals surface area contributed by atoms with Gasteiger partial charge in [-0.2, -0.15) is 0 Å². The van der Waals surface area contributed by atoms with E-state index in [0.717, 1.165) is 11.8 Å². The number of benzene rings is 2. The molecule has 1 amide bonds. The number of carbonyl (C=O) groups is 1. The first-order chi connectivity index (χ1) is 17.6. The van der Waals surface area contributed by atoms with Gasteiger partial charge < -0.3 is 9.26 Å². The molecular weight excluding hydrogens is 523 g/mol. The third-order valence-corrected chi connectivity index (χ3v) is 7.23. The molecule has 0 unspecified atom stereocenters. The number of hydrogen-bond acceptors (Lipinski definition) is 7. The molecule has 0 aliphatic heterocycles. The van der Waals surface area contributed by atoms with E-state index in [4.69, 9.17) is 16.3 Å². The van der Waals surface area contributed by atoms with Gasteiger partial charge in [0.05, 0.1) is 12.8 Å². The smallest absolute Gasteiger partial charge is 0.264 e. The number of ether oxygens (including phenoxy) is 1. The van der Waals surface area contributed by atoms with Crippen LogP contribution in [0.2, 0.25) is 5.02 Å². The summed E-state index contributed by atoms with van der Waals surface area (Å²) < 4.78 is 53.0. The van der Waals surface area contributed by atoms with Crippen LogP contribution in [0.15, 0.2) is 70.4 Å². The van der Waals surface area contributed by atoms with E-state index in [1.54, 1.807) is 25.1 Å². The molecule has 12 heteroatoms. The Balaban J connectivity index is 1.75. The van der Waals surface area contributed by atoms with Gasteiger partial charge >= 0.3 is 0 Å². The lowest BCUT2D eigenvalue weighted by molar-refractivity contribution is -0.117. The molecule has 0 aliphatic carbocycles. The molecular formula is C25H22ClFN4O5S. The molecule has 0 bridgehead atoms. The lowest BCUT2D eigenvalue weighted by Crippen LogP contribution is -2.26. The summed E-state index contributed by atoms with van der Waals surface area (Å²) in [7, 11) is -2.61. The molecule has 1 N–H and O–H groups in total. The molecule has 0 atom stereocenters. The van der Waals surface area contributed by atoms with Crippen molar-refractivity contribution in [3.8, 4) is 16.9 Å². The first-order valence-corrected chi connectivity index (χ1v) is 12.9. The average Bonchev–Trinajstić information content (AvgIpc) is 3.38. The van der Waals surface area contributed by atoms with Crippen LogP contribution in [0.3, 0.4) is 0 Å². The van der Waals surface area contributed by atoms with Crippen LogP contribution in [0, 0.1) is 12.7 Å². The van der Waals surface area contributed by atoms with Gasteiger partial charge in [0.15, 0.2) is 5.82 Å². The Morgan fingerprint density at radius 3 is 2.57 bits per heavy atom. The van der Waals surface area contributed by atoms with Crippen LogP contribution in [0.4, 0.5) is 21.7 Å². The number of nitrogens with one attached hydrogen (secondary N) is 1. The monoisotopic (exact) mass is 544 g/mol. The molecule has 2 aromatic carbocycles. The topological polar surface area (TPSA) is 115 Å². The van der Waals surface area contributed by atoms with Gasteiger partial charge in [-0.05, 0) is 48.4 Å². The number of methoxy groups -OCH3 is 1. The minimum absolute atomic E-state index is 0.00282. The van der Waals surface area contributed by atoms with Crippen molar-refractivity contribution in [2.24, 2.45) is 0 Å². The first-order valence-electron chi connectivity index (χ1n) is 11.0. The largest absolute Gasteiger partial charge is 0.495 e. The van der Waals surface area contributed by atoms with Gasteiger partial charge in [0.25, 0.3) is 10.0 Å². The van der Waals surface area contributed by atoms with E-state index < -0.39 is 21.7 Å². The Hall–Kier alpha value is -3.96. The summed E-state index contributed by atoms with van der Waals surface area (Å²) in [6.45, 7) is 3.46. The molecule has 4 aromatic rings. The van der Waals surface area contributed by atoms with Crippen LogP contribution in [0.5, 0.6) is 5.75 Å². The van der Waals surface area contributed by atoms with Gasteiger partial charge in [0.1, 0.15) is 28.5 Å². The van der Waals surface area contributed by atoms with Crippen LogP contribution in [0.1, 0.15) is 18.9 Å². The molecule has 37 heavy (non-hydrogen) atoms. The highest BCUT2D eigenvalue weighted by Gasteiger charge is 2.25. The molecule has 4 rings (SSSR count). The maximum Gasteiger partial charge on any atom is 0.264 e. The lowest BCUT2D eigenvalue weighted by atomic mass is 10.0. The highest BCUT2D eigenvalue weighted by Crippen LogP contribution is 2.39. The molecule has 9 nitrogen and oxygen atoms in total. The normalized spacial score (nSPS) is 11.3. The second kappa shape index (κ2) is 10.6. The number of carbonyl (C=O) groups excluding carboxylic acids is 1. The third kappa shape index (κ3) is 5.42. The standard InChI is InChI=1S/C25H22ClFN4O5S/c1-4-25(32)31(24-8-6-17(14-28-24)37(33,34)30-23-9-10-36-29-23)21-13-20(27)18(12-22(21)35-3)16-5-7-19(26)15(2)11-16/h5-14H,4H2,1-3H3,(H,29,30). The number of nitrogens with zero attached hydrogens (tertiary/aromatic N) is 3. The van der Waals surface area contributed by atoms with E-state index in [9.17, 15) is 13.2 Å². The fourth-order valence-corrected chi connectivity index (χ4v) is 4.64. The lowest BCUT2D eigenvalue weighted by Gasteiger charge is -2.24. The third-order valence-electron chi connectivity index (χ3n) is 5.47. The Morgan fingerprint density at radius 2 is 1.97 bits per heavy atom. The van der Waals surface area contributed by atoms with Crippen molar-refractivity contribution in [1.82, 2.24) is 10.1 Å². The van der Waals surface area contributed by atoms with E-state index in [1.807, 2.05) is 6.92 Å². The van der Waals surface area contributed by atoms with Gasteiger partial charge in [0.2, 0.25) is 5.91 Å². The van der Waals surface area contributed by atoms with Crippen LogP contribution >= 0.6 is 11.6 Å². The summed E-state index contributed by atoms with van der Waals surface area (Å²) in [6.07, 6.45) is 2.37. The summed E-state index contributed by atoms with van der Waals surface area (Å²) in [5, 5.41) is 4.07. The molecule has 192 valence electrons. The average molecular weight is 545 g/mol. The van der Waals surface area contributed by atoms with E-state index >= 15 is 4.39 Å². The summed E-state index contributed by atoms with van der Waals surface area (Å²) in [6, 6.07) is 11.8. The Morgan fingerprint density at radius 1 is 1.19 bits per heavy atom. The predicted molar refractivity (Wildman–Crippen MR) is 137 cm³/mol. The Kier molecular flexibility index (Phi) is 7.46. The summed E-state index contributed by atoms with van der Waals surface area (Å²) in [5.41, 5.74) is 1.74. The molecule has 0 saturated heterocycles. The molecule has 0 fully saturated rings. The molecule has 0 radical (unpaired) electrons. The van der Waals surface area contributed by atoms with Crippen molar-refractivity contribution in [2.75, 3.05) is 16.7 Å². The molecule has 0 saturated carbocycles. The van der Waals surface area contributed by atoms with Crippen molar-refractivity contribution >= 4 is 44.9 Å². The highest BCUT2D eigenvalue weighted by molar-refractivity contribution is 7.92. The number of anilines is 3. The molecule has 2 aromatic heterocycles. The zero-order chi connectivity index (χ0) is 26.7. The molecule has 0 aliphatic rings. The second-order valence-electron chi connectivity index (χ2n) is 7.89. The maximum atomic E-state index is 15.4. The fraction of sp³-hybridized carbons (Fsp3) is 0.160. The van der Waals surface area contributed by atoms with E-state index in [0.29, 0.717) is 10.6 Å². The number of rotatable bonds is 8. The number of halogens is 2. The molecule has 2 heterocycles. The number of aromatic nitrogens is 2. The van der Waals surface area contributed by atoms with Crippen molar-refractivity contribution in [3.05, 3.63) is 77.4 Å². The quantitative estimate of drug-likeness (QED) is 0.301. The van der Waals surface area contributed by atoms with E-state index in [1.165, 1.54) is 48.6 Å². The summed E-state index contributed by atoms with van der Waals surface area (Å²) in [5.74, 6) is -0.695. The number of aryl methyl sites for hydroxylation is 1. The maximum absolute atomic E-state index is 15.4. The van der Waals surface area contributed by atoms with Crippen LogP contribution in [-0.4, -0.2) is 31.6 Å². The summed E-state index contributed by atoms with van der Waals surface area (Å²) >= 11 is 6.11. The minimum atomic E-state index is -4.01. The van der Waals surface area contributed by atoms with E-state index in [-0.39, 0.29) is 40.0 Å². The zero-order valence-corrected chi connectivity index (χ0v) is 21.6. The van der Waals surface area contributed by atoms with Crippen molar-refractivity contribution < 1.29 is 26.9 Å². The highest BCUT2D eigenvalue weighted by atomic mass is 35.5. The van der Waals surface area contributed by atoms with Crippen LogP contribution in [0.25, 0.3) is 11.1 Å². The predicted octanol–water partition coefficient (Wildman–Crippen LogP) is 5.72. The van der Waals surface area contributed by atoms with E-state index in [2.05, 4.69) is 19.4 Å². The van der Waals surface area contributed by atoms with Gasteiger partial charge in [-0.1, -0.05) is 29.7 Å².